The van der Waals surface area contributed by atoms with E-state index in [2.05, 4.69) is 28.2 Å². The molecule has 0 bridgehead atoms. The second-order valence-electron chi connectivity index (χ2n) is 4.97. The molecular formula is C13H16BrNO3. The normalized spacial score (nSPS) is 26.3. The molecule has 1 fully saturated rings. The first-order valence-electron chi connectivity index (χ1n) is 6.18. The molecule has 4 nitrogen and oxygen atoms in total. The molecule has 2 aliphatic rings. The van der Waals surface area contributed by atoms with Crippen molar-refractivity contribution in [3.63, 3.8) is 0 Å². The summed E-state index contributed by atoms with van der Waals surface area (Å²) in [7, 11) is 0. The number of ether oxygens (including phenoxy) is 2. The van der Waals surface area contributed by atoms with Crippen LogP contribution in [0, 0.1) is 0 Å². The molecule has 1 atom stereocenters. The van der Waals surface area contributed by atoms with Gasteiger partial charge in [0, 0.05) is 11.6 Å². The maximum absolute atomic E-state index is 10.4. The Balaban J connectivity index is 2.20. The minimum absolute atomic E-state index is 0.246. The van der Waals surface area contributed by atoms with Crippen molar-refractivity contribution in [1.82, 2.24) is 5.32 Å². The second kappa shape index (κ2) is 4.31. The van der Waals surface area contributed by atoms with Crippen LogP contribution < -0.4 is 14.8 Å². The molecule has 5 heteroatoms. The Labute approximate surface area is 114 Å². The van der Waals surface area contributed by atoms with E-state index < -0.39 is 0 Å². The molecule has 0 radical (unpaired) electrons. The molecule has 3 rings (SSSR count). The number of phenolic OH excluding ortho intramolecular Hbond substituents is 1. The lowest BCUT2D eigenvalue weighted by Gasteiger charge is -2.31. The van der Waals surface area contributed by atoms with E-state index in [-0.39, 0.29) is 11.3 Å². The minimum atomic E-state index is -0.251. The number of hydrogen-bond donors (Lipinski definition) is 2. The lowest BCUT2D eigenvalue weighted by atomic mass is 9.88. The first-order valence-corrected chi connectivity index (χ1v) is 6.98. The molecule has 0 aliphatic carbocycles. The number of benzene rings is 1. The van der Waals surface area contributed by atoms with Crippen molar-refractivity contribution in [2.75, 3.05) is 19.8 Å². The quantitative estimate of drug-likeness (QED) is 0.836. The summed E-state index contributed by atoms with van der Waals surface area (Å²) in [4.78, 5) is 0. The van der Waals surface area contributed by atoms with Gasteiger partial charge in [0.2, 0.25) is 0 Å². The fourth-order valence-corrected chi connectivity index (χ4v) is 3.17. The fraction of sp³-hybridized carbons (Fsp3) is 0.538. The highest BCUT2D eigenvalue weighted by Gasteiger charge is 2.38. The Bertz CT molecular complexity index is 484. The molecule has 0 aromatic heterocycles. The Hall–Kier alpha value is -0.940. The molecule has 0 saturated carbocycles. The zero-order chi connectivity index (χ0) is 12.8. The van der Waals surface area contributed by atoms with E-state index in [0.717, 1.165) is 24.9 Å². The van der Waals surface area contributed by atoms with Gasteiger partial charge in [-0.05, 0) is 42.2 Å². The lowest BCUT2D eigenvalue weighted by molar-refractivity contribution is 0.165. The zero-order valence-corrected chi connectivity index (χ0v) is 11.8. The highest BCUT2D eigenvalue weighted by molar-refractivity contribution is 9.10. The predicted molar refractivity (Wildman–Crippen MR) is 71.4 cm³/mol. The maximum Gasteiger partial charge on any atom is 0.170 e. The summed E-state index contributed by atoms with van der Waals surface area (Å²) in [6.07, 6.45) is 2.07. The SMILES string of the molecule is CC1(c2c(O)c(Br)cc3c2OCCO3)CCCN1. The van der Waals surface area contributed by atoms with Crippen molar-refractivity contribution in [2.45, 2.75) is 25.3 Å². The summed E-state index contributed by atoms with van der Waals surface area (Å²) in [5.41, 5.74) is 0.558. The smallest absolute Gasteiger partial charge is 0.170 e. The van der Waals surface area contributed by atoms with Gasteiger partial charge in [0.1, 0.15) is 19.0 Å². The monoisotopic (exact) mass is 313 g/mol. The van der Waals surface area contributed by atoms with Crippen LogP contribution in [-0.2, 0) is 5.54 Å². The molecule has 98 valence electrons. The average Bonchev–Trinajstić information content (AvgIpc) is 2.78. The number of phenols is 1. The Morgan fingerprint density at radius 1 is 1.39 bits per heavy atom. The molecule has 1 aromatic rings. The van der Waals surface area contributed by atoms with Gasteiger partial charge in [0.15, 0.2) is 11.5 Å². The van der Waals surface area contributed by atoms with Crippen molar-refractivity contribution < 1.29 is 14.6 Å². The average molecular weight is 314 g/mol. The van der Waals surface area contributed by atoms with Crippen LogP contribution in [0.15, 0.2) is 10.5 Å². The molecule has 0 spiro atoms. The van der Waals surface area contributed by atoms with Crippen molar-refractivity contribution >= 4 is 15.9 Å². The number of aromatic hydroxyl groups is 1. The van der Waals surface area contributed by atoms with Crippen molar-refractivity contribution in [3.8, 4) is 17.2 Å². The van der Waals surface area contributed by atoms with Crippen molar-refractivity contribution in [2.24, 2.45) is 0 Å². The van der Waals surface area contributed by atoms with Crippen LogP contribution in [0.2, 0.25) is 0 Å². The standard InChI is InChI=1S/C13H16BrNO3/c1-13(3-2-4-15-13)10-11(16)8(14)7-9-12(10)18-6-5-17-9/h7,15-16H,2-6H2,1H3. The number of nitrogens with one attached hydrogen (secondary N) is 1. The molecule has 1 unspecified atom stereocenters. The van der Waals surface area contributed by atoms with Gasteiger partial charge >= 0.3 is 0 Å². The molecule has 0 amide bonds. The van der Waals surface area contributed by atoms with Crippen molar-refractivity contribution in [3.05, 3.63) is 16.1 Å². The summed E-state index contributed by atoms with van der Waals surface area (Å²) in [6.45, 7) is 4.13. The Morgan fingerprint density at radius 2 is 2.17 bits per heavy atom. The van der Waals surface area contributed by atoms with Gasteiger partial charge in [-0.1, -0.05) is 0 Å². The van der Waals surface area contributed by atoms with Gasteiger partial charge in [-0.2, -0.15) is 0 Å². The molecule has 2 aliphatic heterocycles. The van der Waals surface area contributed by atoms with E-state index in [1.165, 1.54) is 0 Å². The summed E-state index contributed by atoms with van der Waals surface area (Å²) >= 11 is 3.38. The summed E-state index contributed by atoms with van der Waals surface area (Å²) < 4.78 is 12.0. The molecule has 2 N–H and O–H groups in total. The summed E-state index contributed by atoms with van der Waals surface area (Å²) in [5.74, 6) is 1.63. The van der Waals surface area contributed by atoms with E-state index in [1.54, 1.807) is 6.07 Å². The highest BCUT2D eigenvalue weighted by atomic mass is 79.9. The first-order chi connectivity index (χ1) is 8.62. The maximum atomic E-state index is 10.4. The Morgan fingerprint density at radius 3 is 2.89 bits per heavy atom. The third-order valence-electron chi connectivity index (χ3n) is 3.68. The van der Waals surface area contributed by atoms with Crippen LogP contribution in [0.3, 0.4) is 0 Å². The van der Waals surface area contributed by atoms with E-state index in [0.29, 0.717) is 29.2 Å². The van der Waals surface area contributed by atoms with E-state index in [4.69, 9.17) is 9.47 Å². The van der Waals surface area contributed by atoms with Crippen LogP contribution in [0.25, 0.3) is 0 Å². The highest BCUT2D eigenvalue weighted by Crippen LogP contribution is 2.50. The van der Waals surface area contributed by atoms with Crippen LogP contribution in [0.1, 0.15) is 25.3 Å². The third kappa shape index (κ3) is 1.77. The minimum Gasteiger partial charge on any atom is -0.506 e. The van der Waals surface area contributed by atoms with Gasteiger partial charge in [-0.3, -0.25) is 0 Å². The number of rotatable bonds is 1. The zero-order valence-electron chi connectivity index (χ0n) is 10.3. The number of halogens is 1. The molecular weight excluding hydrogens is 298 g/mol. The van der Waals surface area contributed by atoms with Crippen molar-refractivity contribution in [1.29, 1.82) is 0 Å². The molecule has 1 aromatic carbocycles. The van der Waals surface area contributed by atoms with E-state index in [9.17, 15) is 5.11 Å². The predicted octanol–water partition coefficient (Wildman–Crippen LogP) is 2.52. The van der Waals surface area contributed by atoms with Crippen LogP contribution >= 0.6 is 15.9 Å². The summed E-state index contributed by atoms with van der Waals surface area (Å²) in [6, 6.07) is 1.77. The fourth-order valence-electron chi connectivity index (χ4n) is 2.76. The second-order valence-corrected chi connectivity index (χ2v) is 5.82. The van der Waals surface area contributed by atoms with E-state index in [1.807, 2.05) is 0 Å². The van der Waals surface area contributed by atoms with Crippen LogP contribution in [0.5, 0.6) is 17.2 Å². The number of hydrogen-bond acceptors (Lipinski definition) is 4. The van der Waals surface area contributed by atoms with Gasteiger partial charge < -0.3 is 19.9 Å². The molecule has 18 heavy (non-hydrogen) atoms. The lowest BCUT2D eigenvalue weighted by Crippen LogP contribution is -2.34. The van der Waals surface area contributed by atoms with E-state index >= 15 is 0 Å². The van der Waals surface area contributed by atoms with Gasteiger partial charge in [-0.15, -0.1) is 0 Å². The first kappa shape index (κ1) is 12.1. The third-order valence-corrected chi connectivity index (χ3v) is 4.28. The van der Waals surface area contributed by atoms with Crippen LogP contribution in [0.4, 0.5) is 0 Å². The van der Waals surface area contributed by atoms with Gasteiger partial charge in [0.05, 0.1) is 10.0 Å². The topological polar surface area (TPSA) is 50.7 Å². The molecule has 2 heterocycles. The summed E-state index contributed by atoms with van der Waals surface area (Å²) in [5, 5.41) is 13.8. The van der Waals surface area contributed by atoms with Gasteiger partial charge in [-0.25, -0.2) is 0 Å². The number of fused-ring (bicyclic) bond motifs is 1. The van der Waals surface area contributed by atoms with Crippen LogP contribution in [-0.4, -0.2) is 24.9 Å². The largest absolute Gasteiger partial charge is 0.506 e. The Kier molecular flexibility index (Phi) is 2.90. The molecule has 1 saturated heterocycles. The van der Waals surface area contributed by atoms with Gasteiger partial charge in [0.25, 0.3) is 0 Å².